The quantitative estimate of drug-likeness (QED) is 0.769. The van der Waals surface area contributed by atoms with E-state index in [1.807, 2.05) is 0 Å². The first-order valence-corrected chi connectivity index (χ1v) is 6.26. The lowest BCUT2D eigenvalue weighted by atomic mass is 10.1. The molecule has 86 valence electrons. The highest BCUT2D eigenvalue weighted by Gasteiger charge is 2.30. The number of halogens is 3. The first-order valence-electron chi connectivity index (χ1n) is 4.93. The normalized spacial score (nSPS) is 20.6. The van der Waals surface area contributed by atoms with Crippen LogP contribution in [0.15, 0.2) is 22.7 Å². The van der Waals surface area contributed by atoms with Crippen molar-refractivity contribution in [3.8, 4) is 0 Å². The average molecular weight is 307 g/mol. The fraction of sp³-hybridized carbons (Fsp3) is 0.364. The number of hydrogen-bond acceptors (Lipinski definition) is 1. The van der Waals surface area contributed by atoms with E-state index < -0.39 is 0 Å². The van der Waals surface area contributed by atoms with Gasteiger partial charge in [-0.1, -0.05) is 0 Å². The molecule has 1 amide bonds. The first kappa shape index (κ1) is 11.9. The third kappa shape index (κ3) is 2.23. The Kier molecular flexibility index (Phi) is 3.50. The predicted molar refractivity (Wildman–Crippen MR) is 65.3 cm³/mol. The van der Waals surface area contributed by atoms with Crippen LogP contribution in [-0.2, 0) is 4.79 Å². The molecular weight excluding hydrogens is 296 g/mol. The van der Waals surface area contributed by atoms with Crippen LogP contribution < -0.4 is 4.90 Å². The van der Waals surface area contributed by atoms with Gasteiger partial charge in [-0.15, -0.1) is 11.6 Å². The lowest BCUT2D eigenvalue weighted by molar-refractivity contribution is -0.117. The second kappa shape index (κ2) is 4.72. The highest BCUT2D eigenvalue weighted by molar-refractivity contribution is 9.10. The van der Waals surface area contributed by atoms with E-state index >= 15 is 0 Å². The summed E-state index contributed by atoms with van der Waals surface area (Å²) in [4.78, 5) is 13.3. The van der Waals surface area contributed by atoms with Crippen molar-refractivity contribution in [3.63, 3.8) is 0 Å². The molecule has 2 rings (SSSR count). The molecule has 1 aromatic rings. The Hall–Kier alpha value is -0.610. The zero-order chi connectivity index (χ0) is 11.7. The summed E-state index contributed by atoms with van der Waals surface area (Å²) in [6, 6.07) is 4.57. The third-order valence-corrected chi connectivity index (χ3v) is 3.68. The van der Waals surface area contributed by atoms with Gasteiger partial charge in [0, 0.05) is 24.5 Å². The van der Waals surface area contributed by atoms with Crippen LogP contribution in [-0.4, -0.2) is 18.3 Å². The Labute approximate surface area is 107 Å². The lowest BCUT2D eigenvalue weighted by Gasteiger charge is -2.16. The summed E-state index contributed by atoms with van der Waals surface area (Å²) in [6.45, 7) is 0.612. The maximum atomic E-state index is 13.1. The molecule has 0 aliphatic carbocycles. The SMILES string of the molecule is O=C1CC(CCl)CN1c1ccc(F)c(Br)c1. The second-order valence-electron chi connectivity index (χ2n) is 3.83. The number of carbonyl (C=O) groups is 1. The number of anilines is 1. The van der Waals surface area contributed by atoms with Crippen LogP contribution in [0.2, 0.25) is 0 Å². The van der Waals surface area contributed by atoms with E-state index in [9.17, 15) is 9.18 Å². The van der Waals surface area contributed by atoms with Gasteiger partial charge < -0.3 is 4.90 Å². The molecule has 1 saturated heterocycles. The summed E-state index contributed by atoms with van der Waals surface area (Å²) >= 11 is 8.84. The van der Waals surface area contributed by atoms with Gasteiger partial charge in [0.1, 0.15) is 5.82 Å². The van der Waals surface area contributed by atoms with E-state index in [0.29, 0.717) is 29.0 Å². The number of hydrogen-bond donors (Lipinski definition) is 0. The van der Waals surface area contributed by atoms with Crippen LogP contribution in [0.4, 0.5) is 10.1 Å². The molecule has 1 unspecified atom stereocenters. The van der Waals surface area contributed by atoms with E-state index in [2.05, 4.69) is 15.9 Å². The van der Waals surface area contributed by atoms with Gasteiger partial charge in [0.25, 0.3) is 0 Å². The number of amides is 1. The lowest BCUT2D eigenvalue weighted by Crippen LogP contribution is -2.24. The van der Waals surface area contributed by atoms with Crippen molar-refractivity contribution in [1.29, 1.82) is 0 Å². The summed E-state index contributed by atoms with van der Waals surface area (Å²) in [5.74, 6) is 0.386. The second-order valence-corrected chi connectivity index (χ2v) is 4.99. The number of alkyl halides is 1. The molecule has 16 heavy (non-hydrogen) atoms. The molecule has 1 atom stereocenters. The number of carbonyl (C=O) groups excluding carboxylic acids is 1. The summed E-state index contributed by atoms with van der Waals surface area (Å²) in [5, 5.41) is 0. The molecule has 0 aromatic heterocycles. The largest absolute Gasteiger partial charge is 0.312 e. The van der Waals surface area contributed by atoms with Gasteiger partial charge in [-0.3, -0.25) is 4.79 Å². The summed E-state index contributed by atoms with van der Waals surface area (Å²) in [5.41, 5.74) is 0.714. The minimum Gasteiger partial charge on any atom is -0.312 e. The molecule has 0 radical (unpaired) electrons. The summed E-state index contributed by atoms with van der Waals surface area (Å²) in [7, 11) is 0. The minimum absolute atomic E-state index is 0.0455. The van der Waals surface area contributed by atoms with Crippen LogP contribution in [0.1, 0.15) is 6.42 Å². The number of rotatable bonds is 2. The standard InChI is InChI=1S/C11H10BrClFNO/c12-9-4-8(1-2-10(9)14)15-6-7(5-13)3-11(15)16/h1-2,4,7H,3,5-6H2. The smallest absolute Gasteiger partial charge is 0.227 e. The molecule has 1 fully saturated rings. The van der Waals surface area contributed by atoms with E-state index in [4.69, 9.17) is 11.6 Å². The zero-order valence-corrected chi connectivity index (χ0v) is 10.8. The van der Waals surface area contributed by atoms with Gasteiger partial charge in [-0.25, -0.2) is 4.39 Å². The number of benzene rings is 1. The van der Waals surface area contributed by atoms with Crippen molar-refractivity contribution < 1.29 is 9.18 Å². The Morgan fingerprint density at radius 2 is 2.31 bits per heavy atom. The highest BCUT2D eigenvalue weighted by atomic mass is 79.9. The van der Waals surface area contributed by atoms with E-state index in [-0.39, 0.29) is 17.6 Å². The molecular formula is C11H10BrClFNO. The molecule has 1 heterocycles. The maximum absolute atomic E-state index is 13.1. The minimum atomic E-state index is -0.329. The van der Waals surface area contributed by atoms with Crippen LogP contribution in [0.3, 0.4) is 0 Å². The molecule has 0 saturated carbocycles. The molecule has 0 N–H and O–H groups in total. The maximum Gasteiger partial charge on any atom is 0.227 e. The van der Waals surface area contributed by atoms with Gasteiger partial charge in [0.05, 0.1) is 4.47 Å². The molecule has 1 aliphatic rings. The Bertz CT molecular complexity index is 426. The van der Waals surface area contributed by atoms with Crippen molar-refractivity contribution in [2.45, 2.75) is 6.42 Å². The Morgan fingerprint density at radius 3 is 2.88 bits per heavy atom. The van der Waals surface area contributed by atoms with Gasteiger partial charge in [-0.05, 0) is 40.0 Å². The van der Waals surface area contributed by atoms with Crippen molar-refractivity contribution in [1.82, 2.24) is 0 Å². The molecule has 5 heteroatoms. The molecule has 1 aromatic carbocycles. The van der Waals surface area contributed by atoms with E-state index in [1.54, 1.807) is 17.0 Å². The fourth-order valence-electron chi connectivity index (χ4n) is 1.79. The monoisotopic (exact) mass is 305 g/mol. The van der Waals surface area contributed by atoms with E-state index in [0.717, 1.165) is 0 Å². The summed E-state index contributed by atoms with van der Waals surface area (Å²) < 4.78 is 13.4. The van der Waals surface area contributed by atoms with Crippen molar-refractivity contribution in [2.75, 3.05) is 17.3 Å². The number of nitrogens with zero attached hydrogens (tertiary/aromatic N) is 1. The van der Waals surface area contributed by atoms with Crippen LogP contribution >= 0.6 is 27.5 Å². The predicted octanol–water partition coefficient (Wildman–Crippen LogP) is 3.18. The topological polar surface area (TPSA) is 20.3 Å². The molecule has 0 bridgehead atoms. The third-order valence-electron chi connectivity index (χ3n) is 2.64. The van der Waals surface area contributed by atoms with Gasteiger partial charge in [0.15, 0.2) is 0 Å². The molecule has 0 spiro atoms. The fourth-order valence-corrected chi connectivity index (χ4v) is 2.36. The van der Waals surface area contributed by atoms with Crippen molar-refractivity contribution >= 4 is 39.1 Å². The Morgan fingerprint density at radius 1 is 1.56 bits per heavy atom. The van der Waals surface area contributed by atoms with Gasteiger partial charge >= 0.3 is 0 Å². The van der Waals surface area contributed by atoms with Crippen LogP contribution in [0.5, 0.6) is 0 Å². The van der Waals surface area contributed by atoms with Crippen LogP contribution in [0, 0.1) is 11.7 Å². The van der Waals surface area contributed by atoms with Gasteiger partial charge in [-0.2, -0.15) is 0 Å². The molecule has 1 aliphatic heterocycles. The van der Waals surface area contributed by atoms with E-state index in [1.165, 1.54) is 6.07 Å². The van der Waals surface area contributed by atoms with Crippen molar-refractivity contribution in [3.05, 3.63) is 28.5 Å². The highest BCUT2D eigenvalue weighted by Crippen LogP contribution is 2.28. The van der Waals surface area contributed by atoms with Crippen LogP contribution in [0.25, 0.3) is 0 Å². The van der Waals surface area contributed by atoms with Gasteiger partial charge in [0.2, 0.25) is 5.91 Å². The Balaban J connectivity index is 2.24. The average Bonchev–Trinajstić information content (AvgIpc) is 2.64. The van der Waals surface area contributed by atoms with Crippen molar-refractivity contribution in [2.24, 2.45) is 5.92 Å². The summed E-state index contributed by atoms with van der Waals surface area (Å²) in [6.07, 6.45) is 0.471. The zero-order valence-electron chi connectivity index (χ0n) is 8.42. The first-order chi connectivity index (χ1) is 7.61. The molecule has 2 nitrogen and oxygen atoms in total.